The summed E-state index contributed by atoms with van der Waals surface area (Å²) in [7, 11) is -2.28. The molecule has 0 saturated heterocycles. The number of anilines is 2. The summed E-state index contributed by atoms with van der Waals surface area (Å²) < 4.78 is 117. The molecule has 0 bridgehead atoms. The molecule has 2 aliphatic carbocycles. The first-order valence-electron chi connectivity index (χ1n) is 16.7. The Labute approximate surface area is 319 Å². The molecule has 1 saturated carbocycles. The molecule has 3 heterocycles. The predicted molar refractivity (Wildman–Crippen MR) is 193 cm³/mol. The van der Waals surface area contributed by atoms with E-state index in [-0.39, 0.29) is 52.6 Å². The summed E-state index contributed by atoms with van der Waals surface area (Å²) in [5.74, 6) is -8.18. The van der Waals surface area contributed by atoms with Crippen LogP contribution < -0.4 is 14.9 Å². The number of nitrogens with zero attached hydrogens (tertiary/aromatic N) is 6. The molecule has 20 heteroatoms. The van der Waals surface area contributed by atoms with Gasteiger partial charge in [0.15, 0.2) is 5.82 Å². The third-order valence-electron chi connectivity index (χ3n) is 9.88. The van der Waals surface area contributed by atoms with E-state index in [2.05, 4.69) is 20.2 Å². The number of halogens is 8. The van der Waals surface area contributed by atoms with Gasteiger partial charge in [-0.15, -0.1) is 0 Å². The van der Waals surface area contributed by atoms with Crippen LogP contribution in [0.1, 0.15) is 46.8 Å². The van der Waals surface area contributed by atoms with Crippen LogP contribution in [0.15, 0.2) is 53.5 Å². The van der Waals surface area contributed by atoms with Crippen LogP contribution >= 0.6 is 23.2 Å². The van der Waals surface area contributed by atoms with Crippen molar-refractivity contribution in [2.24, 2.45) is 18.0 Å². The van der Waals surface area contributed by atoms with E-state index in [1.165, 1.54) is 10.7 Å². The molecule has 55 heavy (non-hydrogen) atoms. The second-order valence-corrected chi connectivity index (χ2v) is 16.3. The minimum atomic E-state index is -3.82. The highest BCUT2D eigenvalue weighted by Crippen LogP contribution is 2.68. The fraction of sp³-hybridized carbons (Fsp3) is 0.314. The number of aliphatic imine (C=N–C) groups is 1. The Kier molecular flexibility index (Phi) is 8.88. The van der Waals surface area contributed by atoms with Gasteiger partial charge in [-0.1, -0.05) is 29.3 Å². The van der Waals surface area contributed by atoms with E-state index in [9.17, 15) is 30.8 Å². The monoisotopic (exact) mass is 824 g/mol. The van der Waals surface area contributed by atoms with Crippen LogP contribution in [-0.4, -0.2) is 52.0 Å². The van der Waals surface area contributed by atoms with Crippen LogP contribution in [0.25, 0.3) is 10.9 Å². The average molecular weight is 826 g/mol. The third-order valence-corrected chi connectivity index (χ3v) is 11.1. The topological polar surface area (TPSA) is 127 Å². The van der Waals surface area contributed by atoms with Gasteiger partial charge >= 0.3 is 0 Å². The molecule has 288 valence electrons. The molecule has 0 spiro atoms. The van der Waals surface area contributed by atoms with Gasteiger partial charge in [-0.05, 0) is 54.3 Å². The number of hydrogen-bond acceptors (Lipinski definition) is 7. The maximum Gasteiger partial charge on any atom is 0.293 e. The zero-order chi connectivity index (χ0) is 39.3. The van der Waals surface area contributed by atoms with Gasteiger partial charge in [-0.2, -0.15) is 19.0 Å². The number of rotatable bonds is 10. The summed E-state index contributed by atoms with van der Waals surface area (Å²) in [6.45, 7) is -0.894. The Hall–Kier alpha value is -4.81. The van der Waals surface area contributed by atoms with Crippen LogP contribution in [0.3, 0.4) is 0 Å². The molecule has 3 aromatic carbocycles. The molecule has 2 aromatic heterocycles. The summed E-state index contributed by atoms with van der Waals surface area (Å²) in [5.41, 5.74) is -0.120. The predicted octanol–water partition coefficient (Wildman–Crippen LogP) is 7.35. The van der Waals surface area contributed by atoms with Gasteiger partial charge in [0.05, 0.1) is 46.1 Å². The molecule has 11 nitrogen and oxygen atoms in total. The van der Waals surface area contributed by atoms with Crippen molar-refractivity contribution in [3.8, 4) is 0 Å². The van der Waals surface area contributed by atoms with E-state index < -0.39 is 75.7 Å². The Morgan fingerprint density at radius 1 is 1.05 bits per heavy atom. The highest BCUT2D eigenvalue weighted by atomic mass is 35.5. The maximum absolute atomic E-state index is 15.4. The lowest BCUT2D eigenvalue weighted by molar-refractivity contribution is -0.122. The number of carbonyl (C=O) groups excluding carboxylic acids is 1. The Bertz CT molecular complexity index is 2560. The van der Waals surface area contributed by atoms with E-state index in [1.54, 1.807) is 36.2 Å². The normalized spacial score (nSPS) is 18.9. The van der Waals surface area contributed by atoms with Crippen molar-refractivity contribution in [2.75, 3.05) is 15.9 Å². The number of alkyl halides is 4. The smallest absolute Gasteiger partial charge is 0.293 e. The van der Waals surface area contributed by atoms with Gasteiger partial charge in [0.25, 0.3) is 12.3 Å². The fourth-order valence-electron chi connectivity index (χ4n) is 7.65. The number of fused-ring (bicyclic) bond motifs is 5. The van der Waals surface area contributed by atoms with E-state index in [0.717, 1.165) is 18.4 Å². The zero-order valence-electron chi connectivity index (χ0n) is 28.6. The molecule has 1 unspecified atom stereocenters. The van der Waals surface area contributed by atoms with E-state index in [4.69, 9.17) is 28.2 Å². The number of nitrogens with one attached hydrogen (secondary N) is 2. The van der Waals surface area contributed by atoms with Gasteiger partial charge in [0.1, 0.15) is 35.4 Å². The van der Waals surface area contributed by atoms with Gasteiger partial charge in [-0.25, -0.2) is 31.0 Å². The van der Waals surface area contributed by atoms with Crippen LogP contribution in [-0.2, 0) is 47.3 Å². The number of benzene rings is 3. The molecule has 5 aromatic rings. The second-order valence-electron chi connectivity index (χ2n) is 13.7. The summed E-state index contributed by atoms with van der Waals surface area (Å²) in [6.07, 6.45) is -2.48. The Balaban J connectivity index is 1.25. The van der Waals surface area contributed by atoms with Gasteiger partial charge in [-0.3, -0.25) is 18.9 Å². The van der Waals surface area contributed by atoms with Crippen LogP contribution in [0.4, 0.5) is 43.5 Å². The summed E-state index contributed by atoms with van der Waals surface area (Å²) in [6, 6.07) is 9.52. The molecular weight excluding hydrogens is 797 g/mol. The van der Waals surface area contributed by atoms with Gasteiger partial charge in [0.2, 0.25) is 15.9 Å². The standard InChI is InChI=1S/C35H28Cl2F6N8O3S/c1-49-30-25(7-6-22(37)28(30)33(47-49)48-55(2,53)54)50-13-19-21(36)4-3-5-23(19)45-34(50)24(10-15-8-16(38)11-17(39)9-15)44-26(52)14-51-31-27(29(46-51)32(40)41)18-12-20(18)35(31,42)43/h3-9,11,18,20,24,32H,10,12-14H2,1-2H3,(H,44,52)(H,47,48)/t18-,20+,24?/m0/s1. The summed E-state index contributed by atoms with van der Waals surface area (Å²) in [5, 5.41) is 11.5. The number of aromatic nitrogens is 4. The highest BCUT2D eigenvalue weighted by molar-refractivity contribution is 7.92. The maximum atomic E-state index is 15.4. The first-order valence-corrected chi connectivity index (χ1v) is 19.3. The zero-order valence-corrected chi connectivity index (χ0v) is 30.9. The van der Waals surface area contributed by atoms with Crippen molar-refractivity contribution < 1.29 is 39.6 Å². The van der Waals surface area contributed by atoms with E-state index in [0.29, 0.717) is 38.2 Å². The van der Waals surface area contributed by atoms with Crippen molar-refractivity contribution in [3.63, 3.8) is 0 Å². The number of carbonyl (C=O) groups is 1. The second kappa shape index (κ2) is 13.2. The molecule has 1 amide bonds. The van der Waals surface area contributed by atoms with Crippen LogP contribution in [0.2, 0.25) is 10.0 Å². The molecule has 3 aliphatic rings. The van der Waals surface area contributed by atoms with Crippen molar-refractivity contribution in [1.82, 2.24) is 24.9 Å². The van der Waals surface area contributed by atoms with Gasteiger partial charge in [0, 0.05) is 41.6 Å². The highest BCUT2D eigenvalue weighted by Gasteiger charge is 2.67. The Morgan fingerprint density at radius 3 is 2.47 bits per heavy atom. The molecule has 3 atom stereocenters. The molecular formula is C35H28Cl2F6N8O3S. The quantitative estimate of drug-likeness (QED) is 0.142. The van der Waals surface area contributed by atoms with Gasteiger partial charge < -0.3 is 10.2 Å². The lowest BCUT2D eigenvalue weighted by atomic mass is 10.0. The lowest BCUT2D eigenvalue weighted by Crippen LogP contribution is -2.51. The van der Waals surface area contributed by atoms with Crippen molar-refractivity contribution in [3.05, 3.63) is 98.3 Å². The summed E-state index contributed by atoms with van der Waals surface area (Å²) in [4.78, 5) is 20.4. The Morgan fingerprint density at radius 2 is 1.78 bits per heavy atom. The minimum Gasteiger partial charge on any atom is -0.344 e. The van der Waals surface area contributed by atoms with E-state index in [1.807, 2.05) is 0 Å². The average Bonchev–Trinajstić information content (AvgIpc) is 3.63. The number of sulfonamides is 1. The summed E-state index contributed by atoms with van der Waals surface area (Å²) >= 11 is 13.2. The molecule has 1 fully saturated rings. The number of amides is 1. The van der Waals surface area contributed by atoms with Crippen molar-refractivity contribution in [2.45, 2.75) is 50.2 Å². The number of aryl methyl sites for hydroxylation is 1. The number of hydrogen-bond donors (Lipinski definition) is 2. The lowest BCUT2D eigenvalue weighted by Gasteiger charge is -2.36. The molecule has 1 aliphatic heterocycles. The SMILES string of the molecule is Cn1nc(NS(C)(=O)=O)c2c(Cl)ccc(N3Cc4c(Cl)cccc4N=C3C(Cc3cc(F)cc(F)c3)NC(=O)Cn3nc(C(F)F)c4c3C(F)(F)[C@@H]3C[C@H]43)c21. The van der Waals surface area contributed by atoms with Crippen molar-refractivity contribution in [1.29, 1.82) is 0 Å². The molecule has 0 radical (unpaired) electrons. The molecule has 8 rings (SSSR count). The fourth-order valence-corrected chi connectivity index (χ4v) is 8.62. The van der Waals surface area contributed by atoms with Crippen molar-refractivity contribution >= 4 is 73.1 Å². The molecule has 2 N–H and O–H groups in total. The first-order chi connectivity index (χ1) is 25.9. The van der Waals surface area contributed by atoms with E-state index >= 15 is 8.78 Å². The minimum absolute atomic E-state index is 0.00607. The largest absolute Gasteiger partial charge is 0.344 e. The van der Waals surface area contributed by atoms with Crippen LogP contribution in [0.5, 0.6) is 0 Å². The third kappa shape index (κ3) is 6.56. The number of amidine groups is 1. The first kappa shape index (κ1) is 37.1. The van der Waals surface area contributed by atoms with Crippen LogP contribution in [0, 0.1) is 17.6 Å².